The number of hydrogen-bond donors (Lipinski definition) is 1. The molecule has 4 rings (SSSR count). The van der Waals surface area contributed by atoms with Crippen LogP contribution < -0.4 is 5.32 Å². The van der Waals surface area contributed by atoms with Crippen molar-refractivity contribution in [2.24, 2.45) is 0 Å². The number of halogens is 3. The van der Waals surface area contributed by atoms with Gasteiger partial charge in [-0.05, 0) is 12.1 Å². The van der Waals surface area contributed by atoms with Crippen LogP contribution in [0, 0.1) is 10.1 Å². The van der Waals surface area contributed by atoms with Crippen LogP contribution in [0.15, 0.2) is 42.6 Å². The first-order valence-corrected chi connectivity index (χ1v) is 9.09. The number of alkyl halides is 3. The van der Waals surface area contributed by atoms with Crippen molar-refractivity contribution in [3.8, 4) is 11.3 Å². The van der Waals surface area contributed by atoms with E-state index >= 15 is 0 Å². The highest BCUT2D eigenvalue weighted by Crippen LogP contribution is 2.32. The van der Waals surface area contributed by atoms with Gasteiger partial charge in [0.2, 0.25) is 0 Å². The van der Waals surface area contributed by atoms with Gasteiger partial charge in [0.25, 0.3) is 5.69 Å². The van der Waals surface area contributed by atoms with Crippen LogP contribution >= 0.6 is 0 Å². The molecule has 1 N–H and O–H groups in total. The molecule has 0 radical (unpaired) electrons. The third-order valence-corrected chi connectivity index (χ3v) is 4.96. The van der Waals surface area contributed by atoms with Gasteiger partial charge in [-0.15, -0.1) is 0 Å². The van der Waals surface area contributed by atoms with Crippen LogP contribution in [0.4, 0.5) is 18.9 Å². The fourth-order valence-corrected chi connectivity index (χ4v) is 3.49. The van der Waals surface area contributed by atoms with Crippen molar-refractivity contribution in [2.75, 3.05) is 26.2 Å². The average molecular weight is 405 g/mol. The Kier molecular flexibility index (Phi) is 4.97. The van der Waals surface area contributed by atoms with E-state index < -0.39 is 16.7 Å². The number of pyridine rings is 1. The third kappa shape index (κ3) is 3.94. The zero-order valence-electron chi connectivity index (χ0n) is 15.3. The molecule has 1 aliphatic heterocycles. The van der Waals surface area contributed by atoms with Gasteiger partial charge in [0, 0.05) is 56.6 Å². The van der Waals surface area contributed by atoms with E-state index in [-0.39, 0.29) is 5.69 Å². The Morgan fingerprint density at radius 1 is 1.17 bits per heavy atom. The molecule has 0 aliphatic carbocycles. The second-order valence-corrected chi connectivity index (χ2v) is 6.88. The van der Waals surface area contributed by atoms with Gasteiger partial charge in [0.05, 0.1) is 21.9 Å². The molecule has 29 heavy (non-hydrogen) atoms. The first-order valence-electron chi connectivity index (χ1n) is 9.09. The van der Waals surface area contributed by atoms with Crippen LogP contribution in [0.5, 0.6) is 0 Å². The van der Waals surface area contributed by atoms with Crippen molar-refractivity contribution in [2.45, 2.75) is 12.7 Å². The summed E-state index contributed by atoms with van der Waals surface area (Å²) in [5.74, 6) is 0. The predicted molar refractivity (Wildman–Crippen MR) is 100 cm³/mol. The Bertz CT molecular complexity index is 1060. The van der Waals surface area contributed by atoms with Crippen LogP contribution in [0.25, 0.3) is 16.9 Å². The fourth-order valence-electron chi connectivity index (χ4n) is 3.49. The molecule has 0 amide bonds. The van der Waals surface area contributed by atoms with Gasteiger partial charge in [-0.25, -0.2) is 4.98 Å². The van der Waals surface area contributed by atoms with E-state index in [4.69, 9.17) is 0 Å². The normalized spacial score (nSPS) is 15.7. The van der Waals surface area contributed by atoms with Gasteiger partial charge in [-0.2, -0.15) is 13.2 Å². The van der Waals surface area contributed by atoms with Crippen LogP contribution in [0.2, 0.25) is 0 Å². The zero-order valence-corrected chi connectivity index (χ0v) is 15.3. The lowest BCUT2D eigenvalue weighted by Gasteiger charge is -2.27. The molecule has 0 spiro atoms. The Morgan fingerprint density at radius 2 is 1.93 bits per heavy atom. The molecule has 7 nitrogen and oxygen atoms in total. The van der Waals surface area contributed by atoms with Crippen molar-refractivity contribution < 1.29 is 18.1 Å². The highest BCUT2D eigenvalue weighted by atomic mass is 19.4. The van der Waals surface area contributed by atoms with Gasteiger partial charge in [-0.1, -0.05) is 12.1 Å². The molecule has 0 atom stereocenters. The Balaban J connectivity index is 1.87. The maximum atomic E-state index is 13.3. The minimum atomic E-state index is -4.48. The Hall–Kier alpha value is -2.98. The minimum absolute atomic E-state index is 0.0938. The lowest BCUT2D eigenvalue weighted by Crippen LogP contribution is -2.43. The molecular formula is C19H18F3N5O2. The summed E-state index contributed by atoms with van der Waals surface area (Å²) < 4.78 is 41.2. The van der Waals surface area contributed by atoms with Crippen molar-refractivity contribution in [3.63, 3.8) is 0 Å². The summed E-state index contributed by atoms with van der Waals surface area (Å²) >= 11 is 0. The smallest absolute Gasteiger partial charge is 0.314 e. The van der Waals surface area contributed by atoms with Gasteiger partial charge in [-0.3, -0.25) is 15.0 Å². The first kappa shape index (κ1) is 19.3. The quantitative estimate of drug-likeness (QED) is 0.532. The standard InChI is InChI=1S/C19H18F3N5O2/c20-19(21,22)14-4-5-17-24-18(13-2-1-3-15(10-13)27(28)29)16(26(17)11-14)12-25-8-6-23-7-9-25/h1-5,10-11,23H,6-9,12H2. The monoisotopic (exact) mass is 405 g/mol. The number of piperazine rings is 1. The molecule has 3 heterocycles. The van der Waals surface area contributed by atoms with Crippen molar-refractivity contribution in [1.29, 1.82) is 0 Å². The third-order valence-electron chi connectivity index (χ3n) is 4.96. The minimum Gasteiger partial charge on any atom is -0.314 e. The lowest BCUT2D eigenvalue weighted by molar-refractivity contribution is -0.384. The van der Waals surface area contributed by atoms with E-state index in [1.807, 2.05) is 0 Å². The largest absolute Gasteiger partial charge is 0.417 e. The summed E-state index contributed by atoms with van der Waals surface area (Å²) in [6.07, 6.45) is -3.43. The summed E-state index contributed by atoms with van der Waals surface area (Å²) in [4.78, 5) is 17.3. The van der Waals surface area contributed by atoms with E-state index in [1.165, 1.54) is 22.6 Å². The Morgan fingerprint density at radius 3 is 2.62 bits per heavy atom. The molecular weight excluding hydrogens is 387 g/mol. The molecule has 1 fully saturated rings. The number of fused-ring (bicyclic) bond motifs is 1. The number of imidazole rings is 1. The number of benzene rings is 1. The number of nitrogens with one attached hydrogen (secondary N) is 1. The predicted octanol–water partition coefficient (Wildman–Crippen LogP) is 3.33. The lowest BCUT2D eigenvalue weighted by atomic mass is 10.1. The molecule has 152 valence electrons. The van der Waals surface area contributed by atoms with E-state index in [2.05, 4.69) is 15.2 Å². The van der Waals surface area contributed by atoms with E-state index in [1.54, 1.807) is 12.1 Å². The number of non-ortho nitro benzene ring substituents is 1. The zero-order chi connectivity index (χ0) is 20.6. The molecule has 1 saturated heterocycles. The van der Waals surface area contributed by atoms with Crippen LogP contribution in [-0.4, -0.2) is 45.4 Å². The average Bonchev–Trinajstić information content (AvgIpc) is 3.06. The van der Waals surface area contributed by atoms with Crippen molar-refractivity contribution >= 4 is 11.3 Å². The van der Waals surface area contributed by atoms with Gasteiger partial charge in [0.15, 0.2) is 0 Å². The number of rotatable bonds is 4. The highest BCUT2D eigenvalue weighted by Gasteiger charge is 2.31. The van der Waals surface area contributed by atoms with Crippen molar-refractivity contribution in [3.05, 3.63) is 64.0 Å². The second-order valence-electron chi connectivity index (χ2n) is 6.88. The highest BCUT2D eigenvalue weighted by molar-refractivity contribution is 5.69. The van der Waals surface area contributed by atoms with Crippen LogP contribution in [0.1, 0.15) is 11.3 Å². The number of nitro benzene ring substituents is 1. The molecule has 2 aromatic heterocycles. The van der Waals surface area contributed by atoms with Gasteiger partial charge >= 0.3 is 6.18 Å². The van der Waals surface area contributed by atoms with E-state index in [9.17, 15) is 23.3 Å². The summed E-state index contributed by atoms with van der Waals surface area (Å²) in [6, 6.07) is 8.32. The van der Waals surface area contributed by atoms with Crippen LogP contribution in [0.3, 0.4) is 0 Å². The molecule has 3 aromatic rings. The number of aromatic nitrogens is 2. The summed E-state index contributed by atoms with van der Waals surface area (Å²) in [5, 5.41) is 14.4. The number of nitrogens with zero attached hydrogens (tertiary/aromatic N) is 4. The summed E-state index contributed by atoms with van der Waals surface area (Å²) in [5.41, 5.74) is 1.03. The SMILES string of the molecule is O=[N+]([O-])c1cccc(-c2nc3ccc(C(F)(F)F)cn3c2CN2CCNCC2)c1. The number of hydrogen-bond acceptors (Lipinski definition) is 5. The van der Waals surface area contributed by atoms with Crippen molar-refractivity contribution in [1.82, 2.24) is 19.6 Å². The van der Waals surface area contributed by atoms with Gasteiger partial charge < -0.3 is 9.72 Å². The van der Waals surface area contributed by atoms with E-state index in [0.717, 1.165) is 38.4 Å². The van der Waals surface area contributed by atoms with Crippen LogP contribution in [-0.2, 0) is 12.7 Å². The number of nitro groups is 1. The molecule has 1 aliphatic rings. The maximum absolute atomic E-state index is 13.3. The van der Waals surface area contributed by atoms with E-state index in [0.29, 0.717) is 29.1 Å². The first-order chi connectivity index (χ1) is 13.8. The molecule has 1 aromatic carbocycles. The second kappa shape index (κ2) is 7.45. The van der Waals surface area contributed by atoms with Gasteiger partial charge in [0.1, 0.15) is 5.65 Å². The molecule has 0 saturated carbocycles. The Labute approximate surface area is 163 Å². The summed E-state index contributed by atoms with van der Waals surface area (Å²) in [6.45, 7) is 3.47. The fraction of sp³-hybridized carbons (Fsp3) is 0.316. The molecule has 0 unspecified atom stereocenters. The topological polar surface area (TPSA) is 75.7 Å². The molecule has 10 heteroatoms. The molecule has 0 bridgehead atoms. The summed E-state index contributed by atoms with van der Waals surface area (Å²) in [7, 11) is 0. The maximum Gasteiger partial charge on any atom is 0.417 e.